The van der Waals surface area contributed by atoms with Gasteiger partial charge in [0.05, 0.1) is 11.4 Å². The normalized spacial score (nSPS) is 15.9. The molecule has 1 saturated heterocycles. The monoisotopic (exact) mass is 594 g/mol. The Morgan fingerprint density at radius 3 is 2.34 bits per heavy atom. The van der Waals surface area contributed by atoms with Crippen LogP contribution in [-0.4, -0.2) is 50.2 Å². The van der Waals surface area contributed by atoms with Crippen LogP contribution in [0.15, 0.2) is 75.0 Å². The molecule has 0 aliphatic carbocycles. The number of halogens is 3. The van der Waals surface area contributed by atoms with Crippen LogP contribution in [0.5, 0.6) is 11.5 Å². The summed E-state index contributed by atoms with van der Waals surface area (Å²) < 4.78 is 80.4. The van der Waals surface area contributed by atoms with Gasteiger partial charge in [0.2, 0.25) is 21.2 Å². The van der Waals surface area contributed by atoms with Crippen molar-refractivity contribution >= 4 is 10.0 Å². The minimum Gasteiger partial charge on any atom is -0.482 e. The Morgan fingerprint density at radius 1 is 0.951 bits per heavy atom. The van der Waals surface area contributed by atoms with E-state index in [4.69, 9.17) is 9.15 Å². The fourth-order valence-electron chi connectivity index (χ4n) is 4.44. The molecule has 0 spiro atoms. The second-order valence-corrected chi connectivity index (χ2v) is 12.8. The van der Waals surface area contributed by atoms with Gasteiger partial charge in [-0.3, -0.25) is 9.69 Å². The minimum atomic E-state index is -4.93. The van der Waals surface area contributed by atoms with Crippen molar-refractivity contribution in [2.45, 2.75) is 57.0 Å². The minimum absolute atomic E-state index is 0.0389. The SMILES string of the molecule is CC(C)(C)c1ccc(COc2coc(CN3CCCN(S(=O)(=O)c4cccc(OC(F)(F)F)c4)CC3)cc2=O)cc1. The average Bonchev–Trinajstić information content (AvgIpc) is 3.13. The van der Waals surface area contributed by atoms with Crippen LogP contribution in [-0.2, 0) is 28.6 Å². The van der Waals surface area contributed by atoms with Gasteiger partial charge >= 0.3 is 6.36 Å². The first kappa shape index (κ1) is 30.6. The predicted molar refractivity (Wildman–Crippen MR) is 146 cm³/mol. The topological polar surface area (TPSA) is 89.3 Å². The third-order valence-electron chi connectivity index (χ3n) is 6.67. The van der Waals surface area contributed by atoms with Crippen molar-refractivity contribution in [1.29, 1.82) is 0 Å². The molecule has 41 heavy (non-hydrogen) atoms. The molecule has 3 aromatic rings. The first-order valence-corrected chi connectivity index (χ1v) is 14.6. The summed E-state index contributed by atoms with van der Waals surface area (Å²) in [6.45, 7) is 8.09. The van der Waals surface area contributed by atoms with E-state index < -0.39 is 22.1 Å². The summed E-state index contributed by atoms with van der Waals surface area (Å²) in [6, 6.07) is 13.7. The van der Waals surface area contributed by atoms with Crippen molar-refractivity contribution < 1.29 is 35.5 Å². The van der Waals surface area contributed by atoms with Gasteiger partial charge in [0, 0.05) is 31.8 Å². The Morgan fingerprint density at radius 2 is 1.68 bits per heavy atom. The van der Waals surface area contributed by atoms with Crippen molar-refractivity contribution in [1.82, 2.24) is 9.21 Å². The van der Waals surface area contributed by atoms with Gasteiger partial charge in [-0.05, 0) is 41.6 Å². The molecular weight excluding hydrogens is 561 g/mol. The van der Waals surface area contributed by atoms with Crippen molar-refractivity contribution in [2.24, 2.45) is 0 Å². The standard InChI is InChI=1S/C29H33F3N2O6S/c1-28(2,3)22-10-8-21(9-11-22)19-39-27-20-38-24(17-26(27)35)18-33-12-5-13-34(15-14-33)41(36,37)25-7-4-6-23(16-25)40-29(30,31)32/h4,6-11,16-17,20H,5,12-15,18-19H2,1-3H3. The lowest BCUT2D eigenvalue weighted by molar-refractivity contribution is -0.274. The molecule has 1 fully saturated rings. The van der Waals surface area contributed by atoms with Crippen molar-refractivity contribution in [3.05, 3.63) is 88.0 Å². The number of benzene rings is 2. The first-order valence-electron chi connectivity index (χ1n) is 13.1. The van der Waals surface area contributed by atoms with Gasteiger partial charge in [0.15, 0.2) is 0 Å². The Bertz CT molecular complexity index is 1500. The summed E-state index contributed by atoms with van der Waals surface area (Å²) in [6.07, 6.45) is -3.16. The van der Waals surface area contributed by atoms with Crippen LogP contribution in [0.4, 0.5) is 13.2 Å². The molecule has 2 heterocycles. The Balaban J connectivity index is 1.34. The van der Waals surface area contributed by atoms with Gasteiger partial charge in [0.1, 0.15) is 24.4 Å². The largest absolute Gasteiger partial charge is 0.573 e. The average molecular weight is 595 g/mol. The number of nitrogens with zero attached hydrogens (tertiary/aromatic N) is 2. The summed E-state index contributed by atoms with van der Waals surface area (Å²) in [7, 11) is -4.04. The summed E-state index contributed by atoms with van der Waals surface area (Å²) in [5.41, 5.74) is 1.84. The van der Waals surface area contributed by atoms with Crippen LogP contribution < -0.4 is 14.9 Å². The molecule has 1 aliphatic rings. The van der Waals surface area contributed by atoms with Gasteiger partial charge < -0.3 is 13.9 Å². The number of hydrogen-bond acceptors (Lipinski definition) is 7. The summed E-state index contributed by atoms with van der Waals surface area (Å²) in [4.78, 5) is 14.3. The lowest BCUT2D eigenvalue weighted by Gasteiger charge is -2.21. The van der Waals surface area contributed by atoms with Crippen LogP contribution in [0.25, 0.3) is 0 Å². The molecule has 0 radical (unpaired) electrons. The molecule has 0 amide bonds. The highest BCUT2D eigenvalue weighted by atomic mass is 32.2. The van der Waals surface area contributed by atoms with Crippen LogP contribution >= 0.6 is 0 Å². The second kappa shape index (κ2) is 12.3. The highest BCUT2D eigenvalue weighted by Crippen LogP contribution is 2.27. The smallest absolute Gasteiger partial charge is 0.482 e. The lowest BCUT2D eigenvalue weighted by atomic mass is 9.87. The van der Waals surface area contributed by atoms with Gasteiger partial charge in [-0.2, -0.15) is 4.31 Å². The molecule has 1 aromatic heterocycles. The molecule has 12 heteroatoms. The maximum absolute atomic E-state index is 13.1. The van der Waals surface area contributed by atoms with E-state index in [2.05, 4.69) is 25.5 Å². The fourth-order valence-corrected chi connectivity index (χ4v) is 5.94. The molecule has 4 rings (SSSR count). The Hall–Kier alpha value is -3.35. The van der Waals surface area contributed by atoms with Crippen molar-refractivity contribution in [3.63, 3.8) is 0 Å². The highest BCUT2D eigenvalue weighted by molar-refractivity contribution is 7.89. The van der Waals surface area contributed by atoms with E-state index >= 15 is 0 Å². The maximum atomic E-state index is 13.1. The third-order valence-corrected chi connectivity index (χ3v) is 8.56. The Labute approximate surface area is 237 Å². The number of alkyl halides is 3. The molecule has 1 aliphatic heterocycles. The number of rotatable bonds is 8. The molecule has 2 aromatic carbocycles. The molecule has 0 bridgehead atoms. The van der Waals surface area contributed by atoms with E-state index in [1.807, 2.05) is 29.2 Å². The second-order valence-electron chi connectivity index (χ2n) is 10.9. The molecular formula is C29H33F3N2O6S. The lowest BCUT2D eigenvalue weighted by Crippen LogP contribution is -2.35. The van der Waals surface area contributed by atoms with Gasteiger partial charge in [-0.1, -0.05) is 51.1 Å². The van der Waals surface area contributed by atoms with E-state index in [0.29, 0.717) is 25.3 Å². The molecule has 0 unspecified atom stereocenters. The number of sulfonamides is 1. The van der Waals surface area contributed by atoms with E-state index in [9.17, 15) is 26.4 Å². The molecule has 0 saturated carbocycles. The molecule has 0 atom stereocenters. The zero-order valence-electron chi connectivity index (χ0n) is 23.1. The van der Waals surface area contributed by atoms with E-state index in [-0.39, 0.29) is 47.7 Å². The van der Waals surface area contributed by atoms with Gasteiger partial charge in [-0.15, -0.1) is 13.2 Å². The molecule has 222 valence electrons. The first-order chi connectivity index (χ1) is 19.2. The fraction of sp³-hybridized carbons (Fsp3) is 0.414. The summed E-state index contributed by atoms with van der Waals surface area (Å²) in [5, 5.41) is 0. The van der Waals surface area contributed by atoms with Crippen LogP contribution in [0, 0.1) is 0 Å². The van der Waals surface area contributed by atoms with Crippen LogP contribution in [0.2, 0.25) is 0 Å². The van der Waals surface area contributed by atoms with E-state index in [1.54, 1.807) is 0 Å². The van der Waals surface area contributed by atoms with Crippen LogP contribution in [0.1, 0.15) is 44.1 Å². The maximum Gasteiger partial charge on any atom is 0.573 e. The van der Waals surface area contributed by atoms with Gasteiger partial charge in [-0.25, -0.2) is 8.42 Å². The van der Waals surface area contributed by atoms with Crippen LogP contribution in [0.3, 0.4) is 0 Å². The number of hydrogen-bond donors (Lipinski definition) is 0. The van der Waals surface area contributed by atoms with E-state index in [1.165, 1.54) is 34.3 Å². The quantitative estimate of drug-likeness (QED) is 0.349. The van der Waals surface area contributed by atoms with Crippen molar-refractivity contribution in [3.8, 4) is 11.5 Å². The molecule has 0 N–H and O–H groups in total. The summed E-state index contributed by atoms with van der Waals surface area (Å²) in [5.74, 6) is -0.0976. The van der Waals surface area contributed by atoms with Crippen molar-refractivity contribution in [2.75, 3.05) is 26.2 Å². The Kier molecular flexibility index (Phi) is 9.15. The predicted octanol–water partition coefficient (Wildman–Crippen LogP) is 5.31. The number of ether oxygens (including phenoxy) is 2. The molecule has 8 nitrogen and oxygen atoms in total. The van der Waals surface area contributed by atoms with Gasteiger partial charge in [0.25, 0.3) is 0 Å². The summed E-state index contributed by atoms with van der Waals surface area (Å²) >= 11 is 0. The zero-order chi connectivity index (χ0) is 29.8. The van der Waals surface area contributed by atoms with E-state index in [0.717, 1.165) is 17.7 Å². The highest BCUT2D eigenvalue weighted by Gasteiger charge is 2.32. The zero-order valence-corrected chi connectivity index (χ0v) is 23.9. The third kappa shape index (κ3) is 8.34.